The van der Waals surface area contributed by atoms with Gasteiger partial charge in [0.15, 0.2) is 6.10 Å². The Kier molecular flexibility index (Phi) is 59.0. The van der Waals surface area contributed by atoms with Gasteiger partial charge in [0.2, 0.25) is 0 Å². The minimum absolute atomic E-state index is 0.104. The lowest BCUT2D eigenvalue weighted by Gasteiger charge is -2.18. The van der Waals surface area contributed by atoms with Crippen LogP contribution in [-0.2, 0) is 28.6 Å². The second kappa shape index (κ2) is 63.3. The molecule has 0 saturated carbocycles. The van der Waals surface area contributed by atoms with Gasteiger partial charge in [-0.15, -0.1) is 0 Å². The smallest absolute Gasteiger partial charge is 0.306 e. The number of allylic oxidation sites excluding steroid dienone is 28. The summed E-state index contributed by atoms with van der Waals surface area (Å²) in [6.45, 7) is 6.26. The Balaban J connectivity index is 4.23. The molecule has 0 N–H and O–H groups in total. The topological polar surface area (TPSA) is 78.9 Å². The van der Waals surface area contributed by atoms with Crippen molar-refractivity contribution in [3.63, 3.8) is 0 Å². The van der Waals surface area contributed by atoms with Gasteiger partial charge in [0.1, 0.15) is 13.2 Å². The highest BCUT2D eigenvalue weighted by molar-refractivity contribution is 5.71. The van der Waals surface area contributed by atoms with Crippen molar-refractivity contribution < 1.29 is 28.6 Å². The zero-order valence-corrected chi connectivity index (χ0v) is 49.1. The number of carbonyl (C=O) groups is 3. The Labute approximate surface area is 472 Å². The van der Waals surface area contributed by atoms with E-state index in [9.17, 15) is 14.4 Å². The highest BCUT2D eigenvalue weighted by Crippen LogP contribution is 2.13. The number of rotatable bonds is 53. The first-order valence-corrected chi connectivity index (χ1v) is 30.6. The molecule has 6 nitrogen and oxygen atoms in total. The molecular formula is C71H110O6. The SMILES string of the molecule is CC/C=C\C/C=C\C/C=C\C/C=C\C/C=C\C/C=C\C/C=C\C/C=C\CCCCC(=O)OCC(COC(=O)CCCCCCC)OC(=O)CCCCCCCCCC/C=C\C/C=C\C/C=C\C/C=C\C/C=C\C/C=C\CC. The molecule has 0 aliphatic rings. The van der Waals surface area contributed by atoms with Gasteiger partial charge in [-0.25, -0.2) is 0 Å². The molecule has 0 saturated heterocycles. The number of carbonyl (C=O) groups excluding carboxylic acids is 3. The van der Waals surface area contributed by atoms with Crippen LogP contribution in [0.4, 0.5) is 0 Å². The van der Waals surface area contributed by atoms with E-state index in [0.717, 1.165) is 161 Å². The van der Waals surface area contributed by atoms with Crippen molar-refractivity contribution >= 4 is 17.9 Å². The molecule has 0 aliphatic carbocycles. The summed E-state index contributed by atoms with van der Waals surface area (Å²) in [4.78, 5) is 37.9. The molecular weight excluding hydrogens is 949 g/mol. The van der Waals surface area contributed by atoms with E-state index in [1.54, 1.807) is 0 Å². The van der Waals surface area contributed by atoms with Crippen LogP contribution in [0.15, 0.2) is 170 Å². The molecule has 0 aromatic heterocycles. The van der Waals surface area contributed by atoms with Crippen LogP contribution in [0.5, 0.6) is 0 Å². The molecule has 430 valence electrons. The van der Waals surface area contributed by atoms with E-state index < -0.39 is 6.10 Å². The molecule has 1 unspecified atom stereocenters. The molecule has 0 rings (SSSR count). The quantitative estimate of drug-likeness (QED) is 0.0261. The number of unbranched alkanes of at least 4 members (excludes halogenated alkanes) is 14. The lowest BCUT2D eigenvalue weighted by molar-refractivity contribution is -0.167. The molecule has 0 aliphatic heterocycles. The van der Waals surface area contributed by atoms with E-state index in [1.165, 1.54) is 32.1 Å². The summed E-state index contributed by atoms with van der Waals surface area (Å²) in [6.07, 6.45) is 94.0. The van der Waals surface area contributed by atoms with Crippen molar-refractivity contribution in [2.45, 2.75) is 245 Å². The van der Waals surface area contributed by atoms with Crippen LogP contribution in [0.1, 0.15) is 239 Å². The lowest BCUT2D eigenvalue weighted by atomic mass is 10.1. The summed E-state index contributed by atoms with van der Waals surface area (Å²) in [6, 6.07) is 0. The van der Waals surface area contributed by atoms with Crippen LogP contribution in [0.25, 0.3) is 0 Å². The van der Waals surface area contributed by atoms with Crippen LogP contribution in [-0.4, -0.2) is 37.2 Å². The van der Waals surface area contributed by atoms with Gasteiger partial charge in [-0.05, 0) is 135 Å². The van der Waals surface area contributed by atoms with Crippen LogP contribution < -0.4 is 0 Å². The van der Waals surface area contributed by atoms with Crippen molar-refractivity contribution in [1.29, 1.82) is 0 Å². The third kappa shape index (κ3) is 61.5. The Hall–Kier alpha value is -5.23. The lowest BCUT2D eigenvalue weighted by Crippen LogP contribution is -2.30. The highest BCUT2D eigenvalue weighted by Gasteiger charge is 2.19. The third-order valence-electron chi connectivity index (χ3n) is 12.2. The van der Waals surface area contributed by atoms with Crippen LogP contribution >= 0.6 is 0 Å². The molecule has 0 spiro atoms. The highest BCUT2D eigenvalue weighted by atomic mass is 16.6. The maximum Gasteiger partial charge on any atom is 0.306 e. The van der Waals surface area contributed by atoms with E-state index in [4.69, 9.17) is 14.2 Å². The van der Waals surface area contributed by atoms with Crippen molar-refractivity contribution in [1.82, 2.24) is 0 Å². The maximum atomic E-state index is 12.8. The minimum Gasteiger partial charge on any atom is -0.462 e. The van der Waals surface area contributed by atoms with E-state index in [0.29, 0.717) is 25.7 Å². The number of hydrogen-bond acceptors (Lipinski definition) is 6. The monoisotopic (exact) mass is 1060 g/mol. The predicted octanol–water partition coefficient (Wildman–Crippen LogP) is 21.1. The van der Waals surface area contributed by atoms with Crippen molar-refractivity contribution in [3.8, 4) is 0 Å². The Morgan fingerprint density at radius 3 is 0.818 bits per heavy atom. The van der Waals surface area contributed by atoms with Gasteiger partial charge >= 0.3 is 17.9 Å². The van der Waals surface area contributed by atoms with Crippen molar-refractivity contribution in [2.24, 2.45) is 0 Å². The van der Waals surface area contributed by atoms with E-state index >= 15 is 0 Å². The fourth-order valence-electron chi connectivity index (χ4n) is 7.69. The first-order valence-electron chi connectivity index (χ1n) is 30.6. The van der Waals surface area contributed by atoms with Gasteiger partial charge < -0.3 is 14.2 Å². The summed E-state index contributed by atoms with van der Waals surface area (Å²) >= 11 is 0. The normalized spacial score (nSPS) is 13.3. The third-order valence-corrected chi connectivity index (χ3v) is 12.2. The standard InChI is InChI=1S/C71H110O6/c1-4-7-10-13-15-17-19-21-23-25-27-29-31-33-35-37-39-41-43-45-47-49-51-53-55-58-61-64-70(73)76-67-68(66-75-69(72)63-60-57-12-9-6-3)77-71(74)65-62-59-56-54-52-50-48-46-44-42-40-38-36-34-32-30-28-26-24-22-20-18-16-14-11-8-5-2/h7-8,10-11,15-18,21-24,27-30,33-36,39-42,45,47,51,53,68H,4-6,9,12-14,19-20,25-26,31-32,37-38,43-44,46,48-50,52,54-67H2,1-3H3/b10-7-,11-8-,17-15-,18-16-,23-21-,24-22-,29-27-,30-28-,35-33-,36-34-,41-39-,42-40-,47-45-,53-51-. The van der Waals surface area contributed by atoms with Crippen molar-refractivity contribution in [3.05, 3.63) is 170 Å². The van der Waals surface area contributed by atoms with E-state index in [-0.39, 0.29) is 31.1 Å². The first kappa shape index (κ1) is 71.8. The Morgan fingerprint density at radius 2 is 0.506 bits per heavy atom. The molecule has 0 amide bonds. The molecule has 0 bridgehead atoms. The van der Waals surface area contributed by atoms with Gasteiger partial charge in [-0.2, -0.15) is 0 Å². The zero-order chi connectivity index (χ0) is 55.7. The predicted molar refractivity (Wildman–Crippen MR) is 334 cm³/mol. The minimum atomic E-state index is -0.807. The van der Waals surface area contributed by atoms with Crippen LogP contribution in [0.2, 0.25) is 0 Å². The number of hydrogen-bond donors (Lipinski definition) is 0. The molecule has 0 radical (unpaired) electrons. The van der Waals surface area contributed by atoms with Gasteiger partial charge in [-0.1, -0.05) is 255 Å². The summed E-state index contributed by atoms with van der Waals surface area (Å²) in [5.74, 6) is -0.981. The Bertz CT molecular complexity index is 1790. The van der Waals surface area contributed by atoms with Gasteiger partial charge in [-0.3, -0.25) is 14.4 Å². The fraction of sp³-hybridized carbons (Fsp3) is 0.563. The van der Waals surface area contributed by atoms with Gasteiger partial charge in [0.25, 0.3) is 0 Å². The molecule has 6 heteroatoms. The number of ether oxygens (including phenoxy) is 3. The van der Waals surface area contributed by atoms with Gasteiger partial charge in [0.05, 0.1) is 0 Å². The van der Waals surface area contributed by atoms with Crippen molar-refractivity contribution in [2.75, 3.05) is 13.2 Å². The Morgan fingerprint density at radius 1 is 0.273 bits per heavy atom. The summed E-state index contributed by atoms with van der Waals surface area (Å²) < 4.78 is 16.7. The largest absolute Gasteiger partial charge is 0.462 e. The summed E-state index contributed by atoms with van der Waals surface area (Å²) in [7, 11) is 0. The maximum absolute atomic E-state index is 12.8. The van der Waals surface area contributed by atoms with Gasteiger partial charge in [0, 0.05) is 19.3 Å². The molecule has 0 heterocycles. The molecule has 77 heavy (non-hydrogen) atoms. The fourth-order valence-corrected chi connectivity index (χ4v) is 7.69. The second-order valence-corrected chi connectivity index (χ2v) is 19.5. The number of esters is 3. The molecule has 1 atom stereocenters. The zero-order valence-electron chi connectivity index (χ0n) is 49.1. The van der Waals surface area contributed by atoms with Crippen LogP contribution in [0, 0.1) is 0 Å². The summed E-state index contributed by atoms with van der Waals surface area (Å²) in [5.41, 5.74) is 0. The average Bonchev–Trinajstić information content (AvgIpc) is 3.43. The molecule has 0 aromatic carbocycles. The average molecular weight is 1060 g/mol. The van der Waals surface area contributed by atoms with Crippen LogP contribution in [0.3, 0.4) is 0 Å². The first-order chi connectivity index (χ1) is 38.0. The summed E-state index contributed by atoms with van der Waals surface area (Å²) in [5, 5.41) is 0. The second-order valence-electron chi connectivity index (χ2n) is 19.5. The van der Waals surface area contributed by atoms with E-state index in [2.05, 4.69) is 191 Å². The van der Waals surface area contributed by atoms with E-state index in [1.807, 2.05) is 0 Å². The molecule has 0 aromatic rings. The molecule has 0 fully saturated rings.